The molecule has 0 saturated carbocycles. The first-order valence-electron chi connectivity index (χ1n) is 29.2. The summed E-state index contributed by atoms with van der Waals surface area (Å²) < 4.78 is 11.6. The Morgan fingerprint density at radius 2 is 0.434 bits per heavy atom. The van der Waals surface area contributed by atoms with Gasteiger partial charge in [0, 0.05) is 134 Å². The lowest BCUT2D eigenvalue weighted by Crippen LogP contribution is -2.39. The van der Waals surface area contributed by atoms with Crippen LogP contribution in [0, 0.1) is 69.2 Å². The molecule has 0 fully saturated rings. The second-order valence-corrected chi connectivity index (χ2v) is 19.7. The number of ether oxygens (including phenoxy) is 2. The Balaban J connectivity index is -0.00000424. The highest BCUT2D eigenvalue weighted by Gasteiger charge is 2.29. The molecule has 0 unspecified atom stereocenters. The van der Waals surface area contributed by atoms with Crippen LogP contribution in [0.3, 0.4) is 0 Å². The van der Waals surface area contributed by atoms with E-state index in [-0.39, 0.29) is 138 Å². The molecule has 0 aromatic heterocycles. The number of rotatable bonds is 18. The van der Waals surface area contributed by atoms with E-state index < -0.39 is 0 Å². The van der Waals surface area contributed by atoms with Crippen molar-refractivity contribution in [3.8, 4) is 63.2 Å². The predicted molar refractivity (Wildman–Crippen MR) is 360 cm³/mol. The third kappa shape index (κ3) is 19.6. The molecule has 5 aromatic rings. The zero-order valence-corrected chi connectivity index (χ0v) is 58.9. The number of aromatic hydroxyl groups is 9. The van der Waals surface area contributed by atoms with E-state index in [0.29, 0.717) is 75.6 Å². The number of nitrogens with zero attached hydrogens (tertiary/aromatic N) is 3. The molecule has 0 heterocycles. The fraction of sp³-hybridized carbons (Fsp3) is 0.538. The SMILES string of the molecule is CC.CC.CC.CC.CC.CC.CC.COc1c(C)c(O)c(C)c(O)c1CN(CCN(CCN(Cc1c(S)c(C)c(O)c(C)c1S)Cc1c(O)c(C)c(O)c(C)c1OC)Cc1c(O)c(C)c(O)c(C)c1O)Cc1c(S)c(C)c(O)c(C)c1S. The van der Waals surface area contributed by atoms with Crippen LogP contribution in [-0.4, -0.2) is 101 Å². The van der Waals surface area contributed by atoms with Crippen molar-refractivity contribution in [1.82, 2.24) is 14.7 Å². The zero-order chi connectivity index (χ0) is 65.8. The second kappa shape index (κ2) is 40.5. The van der Waals surface area contributed by atoms with Gasteiger partial charge in [0.1, 0.15) is 63.2 Å². The summed E-state index contributed by atoms with van der Waals surface area (Å²) in [7, 11) is 2.93. The van der Waals surface area contributed by atoms with Crippen LogP contribution in [0.5, 0.6) is 63.2 Å². The third-order valence-electron chi connectivity index (χ3n) is 13.7. The Kier molecular flexibility index (Phi) is 40.2. The van der Waals surface area contributed by atoms with E-state index in [1.165, 1.54) is 14.2 Å². The van der Waals surface area contributed by atoms with E-state index >= 15 is 0 Å². The number of hydrogen-bond donors (Lipinski definition) is 13. The topological polar surface area (TPSA) is 210 Å². The molecule has 0 radical (unpaired) electrons. The zero-order valence-electron chi connectivity index (χ0n) is 55.3. The van der Waals surface area contributed by atoms with Crippen LogP contribution in [0.1, 0.15) is 180 Å². The highest BCUT2D eigenvalue weighted by Crippen LogP contribution is 2.46. The van der Waals surface area contributed by atoms with Crippen LogP contribution >= 0.6 is 50.5 Å². The molecular weight excluding hydrogens is 1130 g/mol. The first-order valence-corrected chi connectivity index (χ1v) is 31.0. The molecule has 0 aliphatic rings. The van der Waals surface area contributed by atoms with E-state index in [2.05, 4.69) is 0 Å². The Bertz CT molecular complexity index is 2580. The quantitative estimate of drug-likeness (QED) is 0.0368. The van der Waals surface area contributed by atoms with Gasteiger partial charge >= 0.3 is 0 Å². The highest BCUT2D eigenvalue weighted by molar-refractivity contribution is 7.81. The molecule has 0 aliphatic carbocycles. The van der Waals surface area contributed by atoms with Crippen LogP contribution < -0.4 is 9.47 Å². The van der Waals surface area contributed by atoms with Gasteiger partial charge in [-0.05, 0) is 80.4 Å². The summed E-state index contributed by atoms with van der Waals surface area (Å²) in [5.74, 6) is -0.469. The Morgan fingerprint density at radius 1 is 0.253 bits per heavy atom. The van der Waals surface area contributed by atoms with E-state index in [1.54, 1.807) is 69.2 Å². The molecule has 14 nitrogen and oxygen atoms in total. The summed E-state index contributed by atoms with van der Waals surface area (Å²) in [4.78, 5) is 8.24. The van der Waals surface area contributed by atoms with Gasteiger partial charge in [0.25, 0.3) is 0 Å². The smallest absolute Gasteiger partial charge is 0.133 e. The molecule has 18 heteroatoms. The van der Waals surface area contributed by atoms with Crippen molar-refractivity contribution in [3.05, 3.63) is 83.5 Å². The third-order valence-corrected chi connectivity index (χ3v) is 16.1. The van der Waals surface area contributed by atoms with E-state index in [4.69, 9.17) is 60.0 Å². The van der Waals surface area contributed by atoms with Crippen molar-refractivity contribution < 1.29 is 55.4 Å². The minimum atomic E-state index is -0.271. The molecule has 0 amide bonds. The maximum Gasteiger partial charge on any atom is 0.133 e. The van der Waals surface area contributed by atoms with Crippen molar-refractivity contribution >= 4 is 50.5 Å². The van der Waals surface area contributed by atoms with Gasteiger partial charge in [-0.3, -0.25) is 14.7 Å². The van der Waals surface area contributed by atoms with Gasteiger partial charge in [0.05, 0.1) is 30.9 Å². The van der Waals surface area contributed by atoms with Crippen molar-refractivity contribution in [2.45, 2.75) is 218 Å². The van der Waals surface area contributed by atoms with Crippen molar-refractivity contribution in [2.75, 3.05) is 40.4 Å². The van der Waals surface area contributed by atoms with Crippen molar-refractivity contribution in [3.63, 3.8) is 0 Å². The molecule has 474 valence electrons. The van der Waals surface area contributed by atoms with Gasteiger partial charge in [-0.15, -0.1) is 50.5 Å². The number of hydrogen-bond acceptors (Lipinski definition) is 18. The van der Waals surface area contributed by atoms with Gasteiger partial charge in [-0.25, -0.2) is 0 Å². The second-order valence-electron chi connectivity index (χ2n) is 17.9. The molecule has 0 aliphatic heterocycles. The maximum atomic E-state index is 11.6. The van der Waals surface area contributed by atoms with Crippen molar-refractivity contribution in [1.29, 1.82) is 0 Å². The Labute approximate surface area is 523 Å². The van der Waals surface area contributed by atoms with Crippen LogP contribution in [0.25, 0.3) is 0 Å². The molecule has 0 atom stereocenters. The summed E-state index contributed by atoms with van der Waals surface area (Å²) in [5.41, 5.74) is 6.62. The molecule has 83 heavy (non-hydrogen) atoms. The van der Waals surface area contributed by atoms with Crippen LogP contribution in [0.4, 0.5) is 0 Å². The lowest BCUT2D eigenvalue weighted by Gasteiger charge is -2.33. The molecular formula is C65H109N3O11S4. The number of thiol groups is 4. The predicted octanol–water partition coefficient (Wildman–Crippen LogP) is 16.7. The molecule has 5 aromatic carbocycles. The summed E-state index contributed by atoms with van der Waals surface area (Å²) in [6.07, 6.45) is 0. The fourth-order valence-corrected chi connectivity index (χ4v) is 10.3. The fourth-order valence-electron chi connectivity index (χ4n) is 9.01. The summed E-state index contributed by atoms with van der Waals surface area (Å²) >= 11 is 19.4. The van der Waals surface area contributed by atoms with Gasteiger partial charge < -0.3 is 55.4 Å². The van der Waals surface area contributed by atoms with E-state index in [0.717, 1.165) is 11.1 Å². The highest BCUT2D eigenvalue weighted by atomic mass is 32.1. The average molecular weight is 1240 g/mol. The first kappa shape index (κ1) is 82.4. The average Bonchev–Trinajstić information content (AvgIpc) is 3.54. The molecule has 0 bridgehead atoms. The van der Waals surface area contributed by atoms with Gasteiger partial charge in [-0.1, -0.05) is 96.9 Å². The largest absolute Gasteiger partial charge is 0.507 e. The summed E-state index contributed by atoms with van der Waals surface area (Å²) in [5, 5.41) is 101. The number of benzene rings is 5. The molecule has 0 saturated heterocycles. The lowest BCUT2D eigenvalue weighted by atomic mass is 10.00. The minimum Gasteiger partial charge on any atom is -0.507 e. The van der Waals surface area contributed by atoms with Crippen LogP contribution in [0.2, 0.25) is 0 Å². The van der Waals surface area contributed by atoms with Gasteiger partial charge in [-0.2, -0.15) is 0 Å². The van der Waals surface area contributed by atoms with Gasteiger partial charge in [0.2, 0.25) is 0 Å². The number of phenols is 9. The minimum absolute atomic E-state index is 0.000572. The standard InChI is InChI=1S/C51H67N3O11S4.7C2H6/c1-22-37(55)23(2)43(61)32(42(22)60)17-52(13-15-53(20-35-48(66)28(7)40(58)29(8)49(35)67)18-33-44(62)24(3)38(56)26(5)46(33)64-11)14-16-54(21-36-50(68)30(9)41(59)31(10)51(36)69)19-34-45(63)25(4)39(57)27(6)47(34)65-12;7*1-2/h55-63,66-69H,13-21H2,1-12H3;7*1-2H3. The Hall–Kier alpha value is -4.82. The molecule has 0 spiro atoms. The van der Waals surface area contributed by atoms with E-state index in [9.17, 15) is 46.0 Å². The molecule has 9 N–H and O–H groups in total. The number of methoxy groups -OCH3 is 2. The van der Waals surface area contributed by atoms with E-state index in [1.807, 2.05) is 112 Å². The Morgan fingerprint density at radius 3 is 0.675 bits per heavy atom. The summed E-state index contributed by atoms with van der Waals surface area (Å²) in [6.45, 7) is 46.6. The first-order chi connectivity index (χ1) is 39.2. The lowest BCUT2D eigenvalue weighted by molar-refractivity contribution is 0.153. The monoisotopic (exact) mass is 1240 g/mol. The van der Waals surface area contributed by atoms with Gasteiger partial charge in [0.15, 0.2) is 0 Å². The van der Waals surface area contributed by atoms with Crippen LogP contribution in [0.15, 0.2) is 19.6 Å². The van der Waals surface area contributed by atoms with Crippen molar-refractivity contribution in [2.24, 2.45) is 0 Å². The van der Waals surface area contributed by atoms with Crippen LogP contribution in [-0.2, 0) is 32.7 Å². The summed E-state index contributed by atoms with van der Waals surface area (Å²) in [6, 6.07) is 0. The normalized spacial score (nSPS) is 10.3. The maximum absolute atomic E-state index is 11.6. The number of phenolic OH excluding ortho intramolecular Hbond substituents is 9. The molecule has 5 rings (SSSR count).